The zero-order valence-electron chi connectivity index (χ0n) is 11.4. The molecule has 0 saturated carbocycles. The lowest BCUT2D eigenvalue weighted by Gasteiger charge is -2.46. The second-order valence-electron chi connectivity index (χ2n) is 5.65. The Morgan fingerprint density at radius 3 is 2.68 bits per heavy atom. The van der Waals surface area contributed by atoms with Gasteiger partial charge >= 0.3 is 0 Å². The Hall–Kier alpha value is 0.0400. The summed E-state index contributed by atoms with van der Waals surface area (Å²) in [7, 11) is 0. The molecule has 1 saturated heterocycles. The lowest BCUT2D eigenvalue weighted by Crippen LogP contribution is -2.61. The number of rotatable bonds is 2. The number of nitrogens with one attached hydrogen (secondary N) is 1. The third-order valence-corrected chi connectivity index (χ3v) is 5.38. The van der Waals surface area contributed by atoms with Crippen molar-refractivity contribution in [3.8, 4) is 0 Å². The smallest absolute Gasteiger partial charge is 0.0837 e. The molecule has 1 aromatic carbocycles. The summed E-state index contributed by atoms with van der Waals surface area (Å²) in [6, 6.07) is 4.45. The fraction of sp³-hybridized carbons (Fsp3) is 0.571. The average Bonchev–Trinajstić information content (AvgIpc) is 2.35. The summed E-state index contributed by atoms with van der Waals surface area (Å²) in [5.74, 6) is 0. The first-order chi connectivity index (χ1) is 8.85. The van der Waals surface area contributed by atoms with E-state index in [4.69, 9.17) is 23.2 Å². The average molecular weight is 366 g/mol. The van der Waals surface area contributed by atoms with Gasteiger partial charge in [-0.1, -0.05) is 30.1 Å². The van der Waals surface area contributed by atoms with Gasteiger partial charge in [0.05, 0.1) is 15.7 Å². The number of nitrogens with zero attached hydrogens (tertiary/aromatic N) is 1. The molecule has 0 spiro atoms. The molecule has 1 aliphatic rings. The van der Waals surface area contributed by atoms with Gasteiger partial charge < -0.3 is 10.2 Å². The summed E-state index contributed by atoms with van der Waals surface area (Å²) in [5, 5.41) is 4.80. The van der Waals surface area contributed by atoms with E-state index in [-0.39, 0.29) is 5.54 Å². The largest absolute Gasteiger partial charge is 0.364 e. The SMILES string of the molecule is CCC1CNC(C)(C)CN1c1ccc(Br)c(Cl)c1Cl. The molecule has 1 fully saturated rings. The van der Waals surface area contributed by atoms with Crippen LogP contribution >= 0.6 is 39.1 Å². The zero-order valence-corrected chi connectivity index (χ0v) is 14.5. The minimum absolute atomic E-state index is 0.0779. The van der Waals surface area contributed by atoms with Gasteiger partial charge in [-0.05, 0) is 48.3 Å². The van der Waals surface area contributed by atoms with Crippen LogP contribution in [-0.2, 0) is 0 Å². The van der Waals surface area contributed by atoms with Crippen LogP contribution in [-0.4, -0.2) is 24.7 Å². The van der Waals surface area contributed by atoms with Crippen molar-refractivity contribution in [1.82, 2.24) is 5.32 Å². The molecule has 1 aliphatic heterocycles. The molecule has 1 N–H and O–H groups in total. The molecule has 1 unspecified atom stereocenters. The normalized spacial score (nSPS) is 22.6. The summed E-state index contributed by atoms with van der Waals surface area (Å²) < 4.78 is 0.838. The molecule has 0 amide bonds. The molecular weight excluding hydrogens is 347 g/mol. The summed E-state index contributed by atoms with van der Waals surface area (Å²) >= 11 is 16.1. The van der Waals surface area contributed by atoms with Crippen LogP contribution in [0, 0.1) is 0 Å². The van der Waals surface area contributed by atoms with Crippen molar-refractivity contribution in [2.24, 2.45) is 0 Å². The standard InChI is InChI=1S/C14H19BrCl2N2/c1-4-9-7-18-14(2,3)8-19(9)11-6-5-10(15)12(16)13(11)17/h5-6,9,18H,4,7-8H2,1-3H3. The molecule has 5 heteroatoms. The number of hydrogen-bond donors (Lipinski definition) is 1. The Balaban J connectivity index is 2.40. The van der Waals surface area contributed by atoms with Crippen LogP contribution in [0.3, 0.4) is 0 Å². The second-order valence-corrected chi connectivity index (χ2v) is 7.26. The summed E-state index contributed by atoms with van der Waals surface area (Å²) in [6.45, 7) is 8.50. The first-order valence-corrected chi connectivity index (χ1v) is 8.06. The quantitative estimate of drug-likeness (QED) is 0.762. The lowest BCUT2D eigenvalue weighted by atomic mass is 9.97. The minimum atomic E-state index is 0.0779. The van der Waals surface area contributed by atoms with Crippen molar-refractivity contribution in [3.63, 3.8) is 0 Å². The molecule has 0 aromatic heterocycles. The van der Waals surface area contributed by atoms with Gasteiger partial charge in [0.15, 0.2) is 0 Å². The van der Waals surface area contributed by atoms with Gasteiger partial charge in [0.1, 0.15) is 0 Å². The Bertz CT molecular complexity index is 477. The first kappa shape index (κ1) is 15.4. The number of hydrogen-bond acceptors (Lipinski definition) is 2. The molecular formula is C14H19BrCl2N2. The van der Waals surface area contributed by atoms with Crippen molar-refractivity contribution in [1.29, 1.82) is 0 Å². The van der Waals surface area contributed by atoms with E-state index < -0.39 is 0 Å². The van der Waals surface area contributed by atoms with Gasteiger partial charge in [0.25, 0.3) is 0 Å². The maximum absolute atomic E-state index is 6.42. The van der Waals surface area contributed by atoms with Crippen molar-refractivity contribution < 1.29 is 0 Å². The van der Waals surface area contributed by atoms with Gasteiger partial charge in [-0.25, -0.2) is 0 Å². The number of anilines is 1. The van der Waals surface area contributed by atoms with Gasteiger partial charge in [-0.2, -0.15) is 0 Å². The van der Waals surface area contributed by atoms with Crippen molar-refractivity contribution >= 4 is 44.8 Å². The molecule has 2 nitrogen and oxygen atoms in total. The van der Waals surface area contributed by atoms with E-state index in [9.17, 15) is 0 Å². The zero-order chi connectivity index (χ0) is 14.2. The number of benzene rings is 1. The van der Waals surface area contributed by atoms with Gasteiger partial charge in [-0.3, -0.25) is 0 Å². The molecule has 2 rings (SSSR count). The maximum atomic E-state index is 6.42. The van der Waals surface area contributed by atoms with Crippen LogP contribution in [0.4, 0.5) is 5.69 Å². The van der Waals surface area contributed by atoms with Crippen LogP contribution < -0.4 is 10.2 Å². The number of piperazine rings is 1. The molecule has 106 valence electrons. The summed E-state index contributed by atoms with van der Waals surface area (Å²) in [4.78, 5) is 2.37. The van der Waals surface area contributed by atoms with E-state index >= 15 is 0 Å². The van der Waals surface area contributed by atoms with Crippen LogP contribution in [0.15, 0.2) is 16.6 Å². The molecule has 19 heavy (non-hydrogen) atoms. The second kappa shape index (κ2) is 5.80. The predicted molar refractivity (Wildman–Crippen MR) is 87.7 cm³/mol. The Kier molecular flexibility index (Phi) is 4.71. The number of halogens is 3. The van der Waals surface area contributed by atoms with Gasteiger partial charge in [0, 0.05) is 29.1 Å². The van der Waals surface area contributed by atoms with E-state index in [1.807, 2.05) is 12.1 Å². The summed E-state index contributed by atoms with van der Waals surface area (Å²) in [5.41, 5.74) is 1.10. The van der Waals surface area contributed by atoms with E-state index in [0.717, 1.165) is 29.7 Å². The fourth-order valence-corrected chi connectivity index (χ4v) is 3.38. The van der Waals surface area contributed by atoms with E-state index in [2.05, 4.69) is 46.9 Å². The third-order valence-electron chi connectivity index (χ3n) is 3.62. The predicted octanol–water partition coefficient (Wildman–Crippen LogP) is 4.72. The highest BCUT2D eigenvalue weighted by Gasteiger charge is 2.33. The minimum Gasteiger partial charge on any atom is -0.364 e. The highest BCUT2D eigenvalue weighted by Crippen LogP contribution is 2.39. The van der Waals surface area contributed by atoms with Crippen LogP contribution in [0.2, 0.25) is 10.0 Å². The van der Waals surface area contributed by atoms with E-state index in [0.29, 0.717) is 16.1 Å². The molecule has 0 radical (unpaired) electrons. The lowest BCUT2D eigenvalue weighted by molar-refractivity contribution is 0.306. The van der Waals surface area contributed by atoms with Gasteiger partial charge in [0.2, 0.25) is 0 Å². The Labute approximate surface area is 133 Å². The maximum Gasteiger partial charge on any atom is 0.0837 e. The highest BCUT2D eigenvalue weighted by atomic mass is 79.9. The van der Waals surface area contributed by atoms with Crippen molar-refractivity contribution in [2.45, 2.75) is 38.8 Å². The Morgan fingerprint density at radius 1 is 1.37 bits per heavy atom. The third kappa shape index (κ3) is 3.21. The summed E-state index contributed by atoms with van der Waals surface area (Å²) in [6.07, 6.45) is 1.08. The Morgan fingerprint density at radius 2 is 2.05 bits per heavy atom. The molecule has 0 aliphatic carbocycles. The fourth-order valence-electron chi connectivity index (χ4n) is 2.50. The van der Waals surface area contributed by atoms with Crippen LogP contribution in [0.25, 0.3) is 0 Å². The molecule has 1 aromatic rings. The molecule has 1 heterocycles. The molecule has 0 bridgehead atoms. The highest BCUT2D eigenvalue weighted by molar-refractivity contribution is 9.10. The first-order valence-electron chi connectivity index (χ1n) is 6.51. The van der Waals surface area contributed by atoms with Crippen molar-refractivity contribution in [2.75, 3.05) is 18.0 Å². The molecule has 1 atom stereocenters. The van der Waals surface area contributed by atoms with Crippen LogP contribution in [0.1, 0.15) is 27.2 Å². The van der Waals surface area contributed by atoms with E-state index in [1.54, 1.807) is 0 Å². The van der Waals surface area contributed by atoms with Crippen LogP contribution in [0.5, 0.6) is 0 Å². The van der Waals surface area contributed by atoms with Gasteiger partial charge in [-0.15, -0.1) is 0 Å². The van der Waals surface area contributed by atoms with E-state index in [1.165, 1.54) is 0 Å². The van der Waals surface area contributed by atoms with Crippen molar-refractivity contribution in [3.05, 3.63) is 26.7 Å². The monoisotopic (exact) mass is 364 g/mol. The topological polar surface area (TPSA) is 15.3 Å².